The summed E-state index contributed by atoms with van der Waals surface area (Å²) in [5, 5.41) is 8.67. The van der Waals surface area contributed by atoms with E-state index >= 15 is 0 Å². The molecular formula is C16H29N3O2. The van der Waals surface area contributed by atoms with E-state index < -0.39 is 0 Å². The minimum absolute atomic E-state index is 0.108. The van der Waals surface area contributed by atoms with Crippen LogP contribution >= 0.6 is 0 Å². The molecule has 0 heterocycles. The van der Waals surface area contributed by atoms with E-state index in [2.05, 4.69) is 16.0 Å². The highest BCUT2D eigenvalue weighted by molar-refractivity contribution is 5.76. The molecule has 0 atom stereocenters. The van der Waals surface area contributed by atoms with E-state index in [1.165, 1.54) is 44.9 Å². The summed E-state index contributed by atoms with van der Waals surface area (Å²) in [4.78, 5) is 23.4. The molecule has 0 aromatic carbocycles. The molecule has 2 fully saturated rings. The molecular weight excluding hydrogens is 266 g/mol. The SMILES string of the molecule is O=C(CC1CCCCC1)NCCNC(=O)NC1CCCC1. The van der Waals surface area contributed by atoms with Gasteiger partial charge in [0.25, 0.3) is 0 Å². The van der Waals surface area contributed by atoms with Crippen molar-refractivity contribution in [1.82, 2.24) is 16.0 Å². The minimum atomic E-state index is -0.108. The monoisotopic (exact) mass is 295 g/mol. The maximum Gasteiger partial charge on any atom is 0.315 e. The van der Waals surface area contributed by atoms with Crippen molar-refractivity contribution in [2.75, 3.05) is 13.1 Å². The standard InChI is InChI=1S/C16H29N3O2/c20-15(12-13-6-2-1-3-7-13)17-10-11-18-16(21)19-14-8-4-5-9-14/h13-14H,1-12H2,(H,17,20)(H2,18,19,21). The number of nitrogens with one attached hydrogen (secondary N) is 3. The lowest BCUT2D eigenvalue weighted by Gasteiger charge is -2.20. The number of amides is 3. The fourth-order valence-corrected chi connectivity index (χ4v) is 3.41. The Morgan fingerprint density at radius 2 is 1.43 bits per heavy atom. The number of carbonyl (C=O) groups is 2. The lowest BCUT2D eigenvalue weighted by Crippen LogP contribution is -2.43. The molecule has 2 aliphatic rings. The Morgan fingerprint density at radius 3 is 2.14 bits per heavy atom. The van der Waals surface area contributed by atoms with E-state index in [1.807, 2.05) is 0 Å². The van der Waals surface area contributed by atoms with Gasteiger partial charge < -0.3 is 16.0 Å². The van der Waals surface area contributed by atoms with E-state index in [4.69, 9.17) is 0 Å². The van der Waals surface area contributed by atoms with E-state index in [1.54, 1.807) is 0 Å². The second-order valence-electron chi connectivity index (χ2n) is 6.44. The molecule has 2 aliphatic carbocycles. The average molecular weight is 295 g/mol. The molecule has 2 rings (SSSR count). The molecule has 0 aromatic heterocycles. The van der Waals surface area contributed by atoms with Crippen molar-refractivity contribution in [3.05, 3.63) is 0 Å². The van der Waals surface area contributed by atoms with Crippen LogP contribution in [0.5, 0.6) is 0 Å². The maximum atomic E-state index is 11.8. The summed E-state index contributed by atoms with van der Waals surface area (Å²) in [6, 6.07) is 0.231. The Balaban J connectivity index is 1.48. The van der Waals surface area contributed by atoms with E-state index in [-0.39, 0.29) is 11.9 Å². The van der Waals surface area contributed by atoms with Crippen LogP contribution in [0.2, 0.25) is 0 Å². The Hall–Kier alpha value is -1.26. The van der Waals surface area contributed by atoms with Gasteiger partial charge in [-0.1, -0.05) is 32.1 Å². The number of hydrogen-bond acceptors (Lipinski definition) is 2. The summed E-state index contributed by atoms with van der Waals surface area (Å²) in [5.74, 6) is 0.692. The van der Waals surface area contributed by atoms with Crippen molar-refractivity contribution in [3.8, 4) is 0 Å². The molecule has 0 unspecified atom stereocenters. The lowest BCUT2D eigenvalue weighted by atomic mass is 9.87. The van der Waals surface area contributed by atoms with Crippen LogP contribution in [0, 0.1) is 5.92 Å². The Morgan fingerprint density at radius 1 is 0.810 bits per heavy atom. The molecule has 5 heteroatoms. The van der Waals surface area contributed by atoms with E-state index in [0.717, 1.165) is 12.8 Å². The molecule has 0 aliphatic heterocycles. The van der Waals surface area contributed by atoms with Gasteiger partial charge in [0.2, 0.25) is 5.91 Å². The zero-order valence-electron chi connectivity index (χ0n) is 13.0. The number of rotatable bonds is 6. The summed E-state index contributed by atoms with van der Waals surface area (Å²) in [6.45, 7) is 1.01. The first kappa shape index (κ1) is 16.1. The topological polar surface area (TPSA) is 70.2 Å². The quantitative estimate of drug-likeness (QED) is 0.658. The third kappa shape index (κ3) is 6.36. The first-order chi connectivity index (χ1) is 10.2. The van der Waals surface area contributed by atoms with Gasteiger partial charge in [0.05, 0.1) is 0 Å². The average Bonchev–Trinajstić information content (AvgIpc) is 2.97. The predicted octanol–water partition coefficient (Wildman–Crippen LogP) is 2.31. The number of urea groups is 1. The highest BCUT2D eigenvalue weighted by atomic mass is 16.2. The van der Waals surface area contributed by atoms with Crippen LogP contribution in [-0.2, 0) is 4.79 Å². The van der Waals surface area contributed by atoms with E-state index in [0.29, 0.717) is 31.5 Å². The molecule has 0 spiro atoms. The second kappa shape index (κ2) is 8.90. The van der Waals surface area contributed by atoms with Crippen LogP contribution in [0.1, 0.15) is 64.2 Å². The van der Waals surface area contributed by atoms with Gasteiger partial charge in [-0.2, -0.15) is 0 Å². The van der Waals surface area contributed by atoms with Crippen molar-refractivity contribution >= 4 is 11.9 Å². The van der Waals surface area contributed by atoms with E-state index in [9.17, 15) is 9.59 Å². The molecule has 120 valence electrons. The van der Waals surface area contributed by atoms with Gasteiger partial charge in [0, 0.05) is 25.6 Å². The van der Waals surface area contributed by atoms with Crippen LogP contribution in [-0.4, -0.2) is 31.1 Å². The van der Waals surface area contributed by atoms with Crippen LogP contribution in [0.3, 0.4) is 0 Å². The molecule has 0 bridgehead atoms. The van der Waals surface area contributed by atoms with Crippen molar-refractivity contribution in [2.45, 2.75) is 70.3 Å². The second-order valence-corrected chi connectivity index (χ2v) is 6.44. The summed E-state index contributed by atoms with van der Waals surface area (Å²) in [5.41, 5.74) is 0. The minimum Gasteiger partial charge on any atom is -0.354 e. The van der Waals surface area contributed by atoms with Gasteiger partial charge in [-0.15, -0.1) is 0 Å². The predicted molar refractivity (Wildman–Crippen MR) is 83.0 cm³/mol. The molecule has 0 aromatic rings. The van der Waals surface area contributed by atoms with Crippen LogP contribution in [0.15, 0.2) is 0 Å². The number of carbonyl (C=O) groups excluding carboxylic acids is 2. The van der Waals surface area contributed by atoms with Crippen molar-refractivity contribution in [2.24, 2.45) is 5.92 Å². The smallest absolute Gasteiger partial charge is 0.315 e. The zero-order valence-corrected chi connectivity index (χ0v) is 13.0. The zero-order chi connectivity index (χ0) is 14.9. The molecule has 0 saturated heterocycles. The largest absolute Gasteiger partial charge is 0.354 e. The normalized spacial score (nSPS) is 20.2. The first-order valence-corrected chi connectivity index (χ1v) is 8.55. The molecule has 21 heavy (non-hydrogen) atoms. The van der Waals surface area contributed by atoms with Crippen LogP contribution in [0.25, 0.3) is 0 Å². The molecule has 3 N–H and O–H groups in total. The maximum absolute atomic E-state index is 11.8. The lowest BCUT2D eigenvalue weighted by molar-refractivity contribution is -0.122. The third-order valence-corrected chi connectivity index (χ3v) is 4.62. The molecule has 2 saturated carbocycles. The van der Waals surface area contributed by atoms with Crippen molar-refractivity contribution in [3.63, 3.8) is 0 Å². The van der Waals surface area contributed by atoms with Gasteiger partial charge in [-0.05, 0) is 31.6 Å². The summed E-state index contributed by atoms with van der Waals surface area (Å²) >= 11 is 0. The summed E-state index contributed by atoms with van der Waals surface area (Å²) in [6.07, 6.45) is 11.5. The Kier molecular flexibility index (Phi) is 6.83. The van der Waals surface area contributed by atoms with Gasteiger partial charge in [0.1, 0.15) is 0 Å². The van der Waals surface area contributed by atoms with Crippen LogP contribution in [0.4, 0.5) is 4.79 Å². The Labute approximate surface area is 127 Å². The molecule has 0 radical (unpaired) electrons. The number of hydrogen-bond donors (Lipinski definition) is 3. The molecule has 5 nitrogen and oxygen atoms in total. The van der Waals surface area contributed by atoms with Gasteiger partial charge >= 0.3 is 6.03 Å². The fraction of sp³-hybridized carbons (Fsp3) is 0.875. The third-order valence-electron chi connectivity index (χ3n) is 4.62. The highest BCUT2D eigenvalue weighted by Gasteiger charge is 2.17. The van der Waals surface area contributed by atoms with Gasteiger partial charge in [-0.3, -0.25) is 4.79 Å². The Bertz CT molecular complexity index is 334. The van der Waals surface area contributed by atoms with Gasteiger partial charge in [-0.25, -0.2) is 4.79 Å². The fourth-order valence-electron chi connectivity index (χ4n) is 3.41. The van der Waals surface area contributed by atoms with Gasteiger partial charge in [0.15, 0.2) is 0 Å². The van der Waals surface area contributed by atoms with Crippen LogP contribution < -0.4 is 16.0 Å². The molecule has 3 amide bonds. The summed E-state index contributed by atoms with van der Waals surface area (Å²) in [7, 11) is 0. The summed E-state index contributed by atoms with van der Waals surface area (Å²) < 4.78 is 0. The first-order valence-electron chi connectivity index (χ1n) is 8.55. The van der Waals surface area contributed by atoms with Crippen molar-refractivity contribution in [1.29, 1.82) is 0 Å². The highest BCUT2D eigenvalue weighted by Crippen LogP contribution is 2.25. The van der Waals surface area contributed by atoms with Crippen molar-refractivity contribution < 1.29 is 9.59 Å².